The molecule has 0 spiro atoms. The average molecular weight is 351 g/mol. The molecule has 0 aliphatic heterocycles. The van der Waals surface area contributed by atoms with Crippen LogP contribution in [-0.2, 0) is 0 Å². The summed E-state index contributed by atoms with van der Waals surface area (Å²) in [5, 5.41) is 10.2. The summed E-state index contributed by atoms with van der Waals surface area (Å²) in [7, 11) is 0. The van der Waals surface area contributed by atoms with Crippen LogP contribution < -0.4 is 5.63 Å². The number of halogens is 1. The minimum Gasteiger partial charge on any atom is -0.475 e. The van der Waals surface area contributed by atoms with Crippen LogP contribution in [0, 0.1) is 0 Å². The number of aromatic carboxylic acids is 1. The molecule has 6 heteroatoms. The molecule has 3 rings (SSSR count). The molecule has 2 aromatic heterocycles. The minimum absolute atomic E-state index is 0.331. The molecular formula is C14H7BrO4S. The van der Waals surface area contributed by atoms with Crippen molar-refractivity contribution in [1.29, 1.82) is 0 Å². The second kappa shape index (κ2) is 4.88. The van der Waals surface area contributed by atoms with Gasteiger partial charge in [-0.1, -0.05) is 18.2 Å². The number of rotatable bonds is 2. The zero-order chi connectivity index (χ0) is 14.3. The highest BCUT2D eigenvalue weighted by molar-refractivity contribution is 9.11. The topological polar surface area (TPSA) is 67.5 Å². The second-order valence-electron chi connectivity index (χ2n) is 4.05. The van der Waals surface area contributed by atoms with Crippen LogP contribution in [0.4, 0.5) is 0 Å². The lowest BCUT2D eigenvalue weighted by Gasteiger charge is -2.06. The summed E-state index contributed by atoms with van der Waals surface area (Å²) in [6.07, 6.45) is 0. The number of thiophene rings is 1. The largest absolute Gasteiger partial charge is 0.475 e. The van der Waals surface area contributed by atoms with E-state index in [1.807, 2.05) is 6.07 Å². The van der Waals surface area contributed by atoms with Gasteiger partial charge in [-0.3, -0.25) is 0 Å². The SMILES string of the molecule is O=C(O)c1oc(=O)c2ccccc2c1-c1ccc(Br)s1. The normalized spacial score (nSPS) is 10.8. The lowest BCUT2D eigenvalue weighted by Crippen LogP contribution is -2.08. The Hall–Kier alpha value is -1.92. The number of fused-ring (bicyclic) bond motifs is 1. The maximum atomic E-state index is 11.9. The summed E-state index contributed by atoms with van der Waals surface area (Å²) in [6.45, 7) is 0. The quantitative estimate of drug-likeness (QED) is 0.758. The summed E-state index contributed by atoms with van der Waals surface area (Å²) in [5.41, 5.74) is -0.208. The molecule has 0 aliphatic carbocycles. The molecule has 4 nitrogen and oxygen atoms in total. The van der Waals surface area contributed by atoms with E-state index in [1.54, 1.807) is 30.3 Å². The van der Waals surface area contributed by atoms with Gasteiger partial charge in [0.25, 0.3) is 0 Å². The lowest BCUT2D eigenvalue weighted by atomic mass is 10.0. The van der Waals surface area contributed by atoms with Crippen molar-refractivity contribution < 1.29 is 14.3 Å². The molecule has 0 unspecified atom stereocenters. The first-order chi connectivity index (χ1) is 9.58. The smallest absolute Gasteiger partial charge is 0.372 e. The summed E-state index contributed by atoms with van der Waals surface area (Å²) in [6, 6.07) is 10.4. The first-order valence-corrected chi connectivity index (χ1v) is 7.23. The molecule has 0 aliphatic rings. The van der Waals surface area contributed by atoms with E-state index in [2.05, 4.69) is 15.9 Å². The Labute approximate surface area is 125 Å². The van der Waals surface area contributed by atoms with Crippen molar-refractivity contribution in [3.8, 4) is 10.4 Å². The van der Waals surface area contributed by atoms with E-state index in [1.165, 1.54) is 11.3 Å². The highest BCUT2D eigenvalue weighted by Gasteiger charge is 2.21. The monoisotopic (exact) mass is 350 g/mol. The van der Waals surface area contributed by atoms with E-state index in [0.29, 0.717) is 16.3 Å². The van der Waals surface area contributed by atoms with Gasteiger partial charge in [-0.2, -0.15) is 0 Å². The highest BCUT2D eigenvalue weighted by atomic mass is 79.9. The standard InChI is InChI=1S/C14H7BrO4S/c15-10-6-5-9(20-10)11-7-3-1-2-4-8(7)14(18)19-12(11)13(16)17/h1-6H,(H,16,17). The lowest BCUT2D eigenvalue weighted by molar-refractivity contribution is 0.0659. The predicted molar refractivity (Wildman–Crippen MR) is 80.5 cm³/mol. The van der Waals surface area contributed by atoms with Crippen LogP contribution in [0.5, 0.6) is 0 Å². The molecule has 0 amide bonds. The van der Waals surface area contributed by atoms with Gasteiger partial charge < -0.3 is 9.52 Å². The number of carboxylic acid groups (broad SMARTS) is 1. The number of carbonyl (C=O) groups is 1. The summed E-state index contributed by atoms with van der Waals surface area (Å²) in [5.74, 6) is -1.59. The van der Waals surface area contributed by atoms with Crippen molar-refractivity contribution in [2.24, 2.45) is 0 Å². The maximum Gasteiger partial charge on any atom is 0.372 e. The van der Waals surface area contributed by atoms with Crippen molar-refractivity contribution >= 4 is 44.0 Å². The summed E-state index contributed by atoms with van der Waals surface area (Å²) in [4.78, 5) is 23.9. The van der Waals surface area contributed by atoms with E-state index in [9.17, 15) is 14.7 Å². The minimum atomic E-state index is -1.26. The second-order valence-corrected chi connectivity index (χ2v) is 6.51. The highest BCUT2D eigenvalue weighted by Crippen LogP contribution is 2.37. The number of benzene rings is 1. The van der Waals surface area contributed by atoms with Crippen molar-refractivity contribution in [1.82, 2.24) is 0 Å². The van der Waals surface area contributed by atoms with E-state index >= 15 is 0 Å². The predicted octanol–water partition coefficient (Wildman–Crippen LogP) is 3.98. The van der Waals surface area contributed by atoms with E-state index in [4.69, 9.17) is 4.42 Å². The van der Waals surface area contributed by atoms with Crippen LogP contribution >= 0.6 is 27.3 Å². The Bertz CT molecular complexity index is 878. The third-order valence-corrected chi connectivity index (χ3v) is 4.49. The van der Waals surface area contributed by atoms with Crippen molar-refractivity contribution in [2.75, 3.05) is 0 Å². The van der Waals surface area contributed by atoms with Crippen molar-refractivity contribution in [3.63, 3.8) is 0 Å². The third kappa shape index (κ3) is 2.07. The molecule has 1 aromatic carbocycles. The van der Waals surface area contributed by atoms with Gasteiger partial charge in [0.05, 0.1) is 14.7 Å². The maximum absolute atomic E-state index is 11.9. The number of carboxylic acids is 1. The van der Waals surface area contributed by atoms with E-state index < -0.39 is 11.6 Å². The Morgan fingerprint density at radius 2 is 1.85 bits per heavy atom. The molecule has 0 bridgehead atoms. The van der Waals surface area contributed by atoms with Gasteiger partial charge in [0, 0.05) is 10.3 Å². The van der Waals surface area contributed by atoms with Crippen LogP contribution in [-0.4, -0.2) is 11.1 Å². The molecule has 0 fully saturated rings. The molecule has 100 valence electrons. The van der Waals surface area contributed by atoms with Crippen molar-refractivity contribution in [3.05, 3.63) is 56.4 Å². The molecule has 3 aromatic rings. The summed E-state index contributed by atoms with van der Waals surface area (Å²) >= 11 is 4.73. The zero-order valence-corrected chi connectivity index (χ0v) is 12.3. The van der Waals surface area contributed by atoms with Gasteiger partial charge >= 0.3 is 11.6 Å². The van der Waals surface area contributed by atoms with E-state index in [-0.39, 0.29) is 5.76 Å². The van der Waals surface area contributed by atoms with E-state index in [0.717, 1.165) is 8.66 Å². The van der Waals surface area contributed by atoms with Gasteiger partial charge in [0.2, 0.25) is 5.76 Å². The van der Waals surface area contributed by atoms with Crippen LogP contribution in [0.3, 0.4) is 0 Å². The van der Waals surface area contributed by atoms with Crippen LogP contribution in [0.1, 0.15) is 10.6 Å². The molecule has 0 saturated heterocycles. The Kier molecular flexibility index (Phi) is 3.19. The number of hydrogen-bond donors (Lipinski definition) is 1. The average Bonchev–Trinajstić information content (AvgIpc) is 2.85. The molecular weight excluding hydrogens is 344 g/mol. The number of hydrogen-bond acceptors (Lipinski definition) is 4. The molecule has 0 atom stereocenters. The van der Waals surface area contributed by atoms with Crippen LogP contribution in [0.25, 0.3) is 21.2 Å². The van der Waals surface area contributed by atoms with Gasteiger partial charge in [-0.25, -0.2) is 9.59 Å². The Balaban J connectivity index is 2.49. The van der Waals surface area contributed by atoms with Crippen LogP contribution in [0.2, 0.25) is 0 Å². The van der Waals surface area contributed by atoms with Crippen LogP contribution in [0.15, 0.2) is 49.4 Å². The van der Waals surface area contributed by atoms with Gasteiger partial charge in [0.1, 0.15) is 0 Å². The fraction of sp³-hybridized carbons (Fsp3) is 0. The third-order valence-electron chi connectivity index (χ3n) is 2.85. The fourth-order valence-electron chi connectivity index (χ4n) is 2.04. The van der Waals surface area contributed by atoms with Crippen molar-refractivity contribution in [2.45, 2.75) is 0 Å². The molecule has 2 heterocycles. The van der Waals surface area contributed by atoms with Gasteiger partial charge in [0.15, 0.2) is 0 Å². The molecule has 1 N–H and O–H groups in total. The first kappa shape index (κ1) is 13.1. The zero-order valence-electron chi connectivity index (χ0n) is 9.92. The molecule has 0 saturated carbocycles. The van der Waals surface area contributed by atoms with Gasteiger partial charge in [-0.05, 0) is 34.1 Å². The molecule has 20 heavy (non-hydrogen) atoms. The fourth-order valence-corrected chi connectivity index (χ4v) is 3.49. The Morgan fingerprint density at radius 3 is 2.45 bits per heavy atom. The van der Waals surface area contributed by atoms with Gasteiger partial charge in [-0.15, -0.1) is 11.3 Å². The first-order valence-electron chi connectivity index (χ1n) is 5.63. The summed E-state index contributed by atoms with van der Waals surface area (Å²) < 4.78 is 5.86. The molecule has 0 radical (unpaired) electrons. The Morgan fingerprint density at radius 1 is 1.15 bits per heavy atom.